The van der Waals surface area contributed by atoms with Gasteiger partial charge in [-0.3, -0.25) is 10.1 Å². The number of thioether (sulfide) groups is 1. The van der Waals surface area contributed by atoms with E-state index in [1.54, 1.807) is 11.8 Å². The van der Waals surface area contributed by atoms with Crippen molar-refractivity contribution in [3.63, 3.8) is 0 Å². The Bertz CT molecular complexity index is 501. The van der Waals surface area contributed by atoms with Gasteiger partial charge in [0.15, 0.2) is 0 Å². The van der Waals surface area contributed by atoms with Crippen molar-refractivity contribution in [3.8, 4) is 0 Å². The van der Waals surface area contributed by atoms with E-state index in [1.165, 1.54) is 6.07 Å². The SMILES string of the molecule is CSC1CCCC1Nc1cc(Br)c(F)cc1[N+](=O)[O-]. The molecule has 0 radical (unpaired) electrons. The fraction of sp³-hybridized carbons (Fsp3) is 0.500. The third-order valence-electron chi connectivity index (χ3n) is 3.33. The highest BCUT2D eigenvalue weighted by molar-refractivity contribution is 9.10. The number of nitrogens with one attached hydrogen (secondary N) is 1. The van der Waals surface area contributed by atoms with Crippen molar-refractivity contribution < 1.29 is 9.31 Å². The highest BCUT2D eigenvalue weighted by Gasteiger charge is 2.28. The second kappa shape index (κ2) is 6.09. The molecule has 0 amide bonds. The quantitative estimate of drug-likeness (QED) is 0.654. The summed E-state index contributed by atoms with van der Waals surface area (Å²) in [5.74, 6) is -0.620. The topological polar surface area (TPSA) is 55.2 Å². The summed E-state index contributed by atoms with van der Waals surface area (Å²) in [6, 6.07) is 2.60. The third kappa shape index (κ3) is 3.20. The Balaban J connectivity index is 2.28. The maximum absolute atomic E-state index is 13.4. The van der Waals surface area contributed by atoms with E-state index in [4.69, 9.17) is 0 Å². The summed E-state index contributed by atoms with van der Waals surface area (Å²) >= 11 is 4.83. The van der Waals surface area contributed by atoms with Crippen molar-refractivity contribution in [2.45, 2.75) is 30.6 Å². The molecule has 104 valence electrons. The Kier molecular flexibility index (Phi) is 4.67. The first-order chi connectivity index (χ1) is 9.02. The minimum absolute atomic E-state index is 0.200. The molecule has 0 spiro atoms. The van der Waals surface area contributed by atoms with Crippen LogP contribution in [0.4, 0.5) is 15.8 Å². The molecule has 0 aromatic heterocycles. The molecule has 1 saturated carbocycles. The molecule has 7 heteroatoms. The zero-order chi connectivity index (χ0) is 14.0. The lowest BCUT2D eigenvalue weighted by Crippen LogP contribution is -2.26. The van der Waals surface area contributed by atoms with Gasteiger partial charge in [-0.15, -0.1) is 0 Å². The predicted molar refractivity (Wildman–Crippen MR) is 79.3 cm³/mol. The second-order valence-corrected chi connectivity index (χ2v) is 6.43. The van der Waals surface area contributed by atoms with Crippen molar-refractivity contribution in [3.05, 3.63) is 32.5 Å². The maximum Gasteiger partial charge on any atom is 0.295 e. The van der Waals surface area contributed by atoms with E-state index in [2.05, 4.69) is 21.2 Å². The van der Waals surface area contributed by atoms with Gasteiger partial charge in [0.2, 0.25) is 0 Å². The average molecular weight is 349 g/mol. The fourth-order valence-electron chi connectivity index (χ4n) is 2.38. The molecule has 0 heterocycles. The molecule has 0 bridgehead atoms. The third-order valence-corrected chi connectivity index (χ3v) is 5.11. The first-order valence-corrected chi connectivity index (χ1v) is 8.03. The monoisotopic (exact) mass is 348 g/mol. The van der Waals surface area contributed by atoms with Crippen molar-refractivity contribution in [1.82, 2.24) is 0 Å². The highest BCUT2D eigenvalue weighted by Crippen LogP contribution is 2.35. The van der Waals surface area contributed by atoms with Gasteiger partial charge in [0.05, 0.1) is 15.5 Å². The summed E-state index contributed by atoms with van der Waals surface area (Å²) in [6.45, 7) is 0. The first kappa shape index (κ1) is 14.6. The lowest BCUT2D eigenvalue weighted by atomic mass is 10.2. The normalized spacial score (nSPS) is 22.5. The van der Waals surface area contributed by atoms with Crippen molar-refractivity contribution in [2.24, 2.45) is 0 Å². The number of anilines is 1. The van der Waals surface area contributed by atoms with Crippen LogP contribution in [0.2, 0.25) is 0 Å². The van der Waals surface area contributed by atoms with Gasteiger partial charge in [-0.05, 0) is 41.1 Å². The molecule has 19 heavy (non-hydrogen) atoms. The molecule has 1 aromatic carbocycles. The van der Waals surface area contributed by atoms with Crippen molar-refractivity contribution >= 4 is 39.1 Å². The van der Waals surface area contributed by atoms with Crippen LogP contribution in [0.3, 0.4) is 0 Å². The molecule has 0 saturated heterocycles. The lowest BCUT2D eigenvalue weighted by Gasteiger charge is -2.20. The Morgan fingerprint density at radius 2 is 2.26 bits per heavy atom. The molecule has 0 aliphatic heterocycles. The van der Waals surface area contributed by atoms with E-state index in [9.17, 15) is 14.5 Å². The van der Waals surface area contributed by atoms with Gasteiger partial charge < -0.3 is 5.32 Å². The number of nitro groups is 1. The van der Waals surface area contributed by atoms with Gasteiger partial charge in [0.1, 0.15) is 11.5 Å². The minimum Gasteiger partial charge on any atom is -0.376 e. The van der Waals surface area contributed by atoms with E-state index in [0.717, 1.165) is 25.3 Å². The molecule has 1 aromatic rings. The van der Waals surface area contributed by atoms with E-state index >= 15 is 0 Å². The van der Waals surface area contributed by atoms with Crippen LogP contribution in [-0.2, 0) is 0 Å². The second-order valence-electron chi connectivity index (χ2n) is 4.50. The molecule has 1 fully saturated rings. The molecular formula is C12H14BrFN2O2S. The van der Waals surface area contributed by atoms with Crippen LogP contribution in [0.25, 0.3) is 0 Å². The number of benzene rings is 1. The zero-order valence-corrected chi connectivity index (χ0v) is 12.8. The van der Waals surface area contributed by atoms with E-state index < -0.39 is 10.7 Å². The minimum atomic E-state index is -0.620. The van der Waals surface area contributed by atoms with Gasteiger partial charge in [0.25, 0.3) is 5.69 Å². The van der Waals surface area contributed by atoms with E-state index in [-0.39, 0.29) is 16.2 Å². The number of rotatable bonds is 4. The number of nitrogens with zero attached hydrogens (tertiary/aromatic N) is 1. The molecule has 4 nitrogen and oxygen atoms in total. The first-order valence-electron chi connectivity index (χ1n) is 5.95. The van der Waals surface area contributed by atoms with Gasteiger partial charge in [0, 0.05) is 11.3 Å². The summed E-state index contributed by atoms with van der Waals surface area (Å²) < 4.78 is 13.6. The Labute approximate surface area is 123 Å². The standard InChI is InChI=1S/C12H14BrFN2O2S/c1-19-12-4-2-3-9(12)15-10-5-7(13)8(14)6-11(10)16(17)18/h5-6,9,12,15H,2-4H2,1H3. The van der Waals surface area contributed by atoms with Crippen LogP contribution in [0.15, 0.2) is 16.6 Å². The van der Waals surface area contributed by atoms with Crippen LogP contribution >= 0.6 is 27.7 Å². The number of halogens is 2. The molecule has 1 N–H and O–H groups in total. The average Bonchev–Trinajstić information content (AvgIpc) is 2.80. The van der Waals surface area contributed by atoms with E-state index in [1.807, 2.05) is 6.26 Å². The Hall–Kier alpha value is -0.820. The van der Waals surface area contributed by atoms with Crippen molar-refractivity contribution in [1.29, 1.82) is 0 Å². The fourth-order valence-corrected chi connectivity index (χ4v) is 3.65. The summed E-state index contributed by atoms with van der Waals surface area (Å²) in [5.41, 5.74) is 0.164. The Morgan fingerprint density at radius 3 is 2.89 bits per heavy atom. The van der Waals surface area contributed by atoms with E-state index in [0.29, 0.717) is 10.9 Å². The predicted octanol–water partition coefficient (Wildman–Crippen LogP) is 4.19. The van der Waals surface area contributed by atoms with Gasteiger partial charge >= 0.3 is 0 Å². The largest absolute Gasteiger partial charge is 0.376 e. The summed E-state index contributed by atoms with van der Waals surface area (Å²) in [5, 5.41) is 14.6. The lowest BCUT2D eigenvalue weighted by molar-refractivity contribution is -0.384. The van der Waals surface area contributed by atoms with Crippen LogP contribution in [-0.4, -0.2) is 22.5 Å². The highest BCUT2D eigenvalue weighted by atomic mass is 79.9. The van der Waals surface area contributed by atoms with Crippen LogP contribution in [0.5, 0.6) is 0 Å². The summed E-state index contributed by atoms with van der Waals surface area (Å²) in [4.78, 5) is 10.4. The van der Waals surface area contributed by atoms with Gasteiger partial charge in [-0.25, -0.2) is 4.39 Å². The molecule has 2 atom stereocenters. The van der Waals surface area contributed by atoms with Crippen molar-refractivity contribution in [2.75, 3.05) is 11.6 Å². The Morgan fingerprint density at radius 1 is 1.53 bits per heavy atom. The van der Waals surface area contributed by atoms with Crippen LogP contribution in [0, 0.1) is 15.9 Å². The summed E-state index contributed by atoms with van der Waals surface area (Å²) in [7, 11) is 0. The van der Waals surface area contributed by atoms with Gasteiger partial charge in [-0.2, -0.15) is 11.8 Å². The maximum atomic E-state index is 13.4. The smallest absolute Gasteiger partial charge is 0.295 e. The molecule has 1 aliphatic rings. The zero-order valence-electron chi connectivity index (χ0n) is 10.4. The molecule has 2 unspecified atom stereocenters. The summed E-state index contributed by atoms with van der Waals surface area (Å²) in [6.07, 6.45) is 5.24. The molecular weight excluding hydrogens is 335 g/mol. The molecule has 1 aliphatic carbocycles. The number of hydrogen-bond acceptors (Lipinski definition) is 4. The molecule has 2 rings (SSSR count). The van der Waals surface area contributed by atoms with Crippen LogP contribution in [0.1, 0.15) is 19.3 Å². The number of hydrogen-bond donors (Lipinski definition) is 1. The number of nitro benzene ring substituents is 1. The van der Waals surface area contributed by atoms with Crippen LogP contribution < -0.4 is 5.32 Å². The van der Waals surface area contributed by atoms with Gasteiger partial charge in [-0.1, -0.05) is 6.42 Å².